The molecule has 1 heteroatoms. The normalized spacial score (nSPS) is 60.3. The fraction of sp³-hybridized carbons (Fsp3) is 1.00. The zero-order valence-electron chi connectivity index (χ0n) is 7.27. The van der Waals surface area contributed by atoms with Crippen molar-refractivity contribution in [1.29, 1.82) is 0 Å². The molecule has 0 aromatic rings. The van der Waals surface area contributed by atoms with Gasteiger partial charge in [0.05, 0.1) is 0 Å². The molecular weight excluding hydrogens is 134 g/mol. The van der Waals surface area contributed by atoms with Crippen LogP contribution in [-0.4, -0.2) is 13.1 Å². The van der Waals surface area contributed by atoms with Gasteiger partial charge >= 0.3 is 0 Å². The van der Waals surface area contributed by atoms with E-state index in [2.05, 4.69) is 12.2 Å². The molecule has 1 nitrogen and oxygen atoms in total. The monoisotopic (exact) mass is 151 g/mol. The molecule has 1 aliphatic heterocycles. The zero-order valence-corrected chi connectivity index (χ0v) is 7.27. The minimum atomic E-state index is 0.711. The van der Waals surface area contributed by atoms with Gasteiger partial charge in [0.15, 0.2) is 0 Å². The quantitative estimate of drug-likeness (QED) is 0.555. The second-order valence-electron chi connectivity index (χ2n) is 5.01. The molecule has 4 atom stereocenters. The van der Waals surface area contributed by atoms with Crippen molar-refractivity contribution in [1.82, 2.24) is 5.32 Å². The molecule has 3 rings (SSSR count). The maximum Gasteiger partial charge on any atom is 0.00112 e. The summed E-state index contributed by atoms with van der Waals surface area (Å²) in [7, 11) is 0. The van der Waals surface area contributed by atoms with Crippen molar-refractivity contribution in [3.63, 3.8) is 0 Å². The average Bonchev–Trinajstić information content (AvgIpc) is 2.54. The zero-order chi connectivity index (χ0) is 7.47. The highest BCUT2D eigenvalue weighted by Crippen LogP contribution is 2.60. The van der Waals surface area contributed by atoms with Gasteiger partial charge in [0.1, 0.15) is 0 Å². The fourth-order valence-corrected chi connectivity index (χ4v) is 3.99. The van der Waals surface area contributed by atoms with E-state index in [1.165, 1.54) is 25.9 Å². The summed E-state index contributed by atoms with van der Waals surface area (Å²) in [5.74, 6) is 3.22. The second kappa shape index (κ2) is 1.82. The Balaban J connectivity index is 2.00. The minimum Gasteiger partial charge on any atom is -0.316 e. The predicted molar refractivity (Wildman–Crippen MR) is 45.3 cm³/mol. The van der Waals surface area contributed by atoms with E-state index in [1.54, 1.807) is 6.42 Å². The Kier molecular flexibility index (Phi) is 1.07. The van der Waals surface area contributed by atoms with Crippen LogP contribution in [0.15, 0.2) is 0 Å². The lowest BCUT2D eigenvalue weighted by molar-refractivity contribution is 0.156. The van der Waals surface area contributed by atoms with E-state index in [-0.39, 0.29) is 0 Å². The van der Waals surface area contributed by atoms with Gasteiger partial charge in [0, 0.05) is 6.54 Å². The van der Waals surface area contributed by atoms with Crippen LogP contribution >= 0.6 is 0 Å². The molecule has 2 bridgehead atoms. The summed E-state index contributed by atoms with van der Waals surface area (Å²) in [6.45, 7) is 5.14. The molecule has 1 N–H and O–H groups in total. The molecule has 2 saturated carbocycles. The number of hydrogen-bond acceptors (Lipinski definition) is 1. The number of rotatable bonds is 0. The van der Waals surface area contributed by atoms with Gasteiger partial charge in [0.25, 0.3) is 0 Å². The molecule has 1 saturated heterocycles. The smallest absolute Gasteiger partial charge is 0.00112 e. The molecule has 1 heterocycles. The van der Waals surface area contributed by atoms with E-state index >= 15 is 0 Å². The van der Waals surface area contributed by atoms with Crippen LogP contribution in [0.5, 0.6) is 0 Å². The van der Waals surface area contributed by atoms with Crippen LogP contribution in [0, 0.1) is 23.2 Å². The maximum atomic E-state index is 3.57. The van der Waals surface area contributed by atoms with E-state index in [4.69, 9.17) is 0 Å². The molecular formula is C10H17N. The van der Waals surface area contributed by atoms with Crippen LogP contribution in [0.3, 0.4) is 0 Å². The van der Waals surface area contributed by atoms with Crippen LogP contribution < -0.4 is 5.32 Å². The van der Waals surface area contributed by atoms with Gasteiger partial charge in [-0.1, -0.05) is 6.92 Å². The lowest BCUT2D eigenvalue weighted by atomic mass is 9.70. The maximum absolute atomic E-state index is 3.57. The highest BCUT2D eigenvalue weighted by Gasteiger charge is 2.56. The molecule has 62 valence electrons. The van der Waals surface area contributed by atoms with Gasteiger partial charge in [-0.3, -0.25) is 0 Å². The molecule has 0 spiro atoms. The minimum absolute atomic E-state index is 0.711. The first-order valence-corrected chi connectivity index (χ1v) is 5.01. The molecule has 0 amide bonds. The standard InChI is InChI=1S/C10H17N/c1-10-6-11-5-9(10)7-2-3-8(10)4-7/h7-9,11H,2-6H2,1H3/t7-,8-,9+,10+/m0/s1. The molecule has 0 radical (unpaired) electrons. The lowest BCUT2D eigenvalue weighted by Gasteiger charge is -2.34. The third-order valence-electron chi connectivity index (χ3n) is 4.69. The first kappa shape index (κ1) is 6.47. The third kappa shape index (κ3) is 0.618. The first-order chi connectivity index (χ1) is 5.31. The van der Waals surface area contributed by atoms with Crippen molar-refractivity contribution in [3.8, 4) is 0 Å². The van der Waals surface area contributed by atoms with Crippen LogP contribution in [-0.2, 0) is 0 Å². The molecule has 0 aromatic carbocycles. The average molecular weight is 151 g/mol. The summed E-state index contributed by atoms with van der Waals surface area (Å²) in [6, 6.07) is 0. The number of nitrogens with one attached hydrogen (secondary N) is 1. The topological polar surface area (TPSA) is 12.0 Å². The second-order valence-corrected chi connectivity index (χ2v) is 5.01. The summed E-state index contributed by atoms with van der Waals surface area (Å²) in [5.41, 5.74) is 0.711. The number of fused-ring (bicyclic) bond motifs is 5. The van der Waals surface area contributed by atoms with Crippen LogP contribution in [0.2, 0.25) is 0 Å². The highest BCUT2D eigenvalue weighted by molar-refractivity contribution is 5.08. The van der Waals surface area contributed by atoms with Crippen molar-refractivity contribution in [2.24, 2.45) is 23.2 Å². The van der Waals surface area contributed by atoms with E-state index < -0.39 is 0 Å². The van der Waals surface area contributed by atoms with Crippen molar-refractivity contribution in [3.05, 3.63) is 0 Å². The molecule has 0 unspecified atom stereocenters. The largest absolute Gasteiger partial charge is 0.316 e. The molecule has 3 aliphatic rings. The van der Waals surface area contributed by atoms with E-state index in [1.807, 2.05) is 0 Å². The third-order valence-corrected chi connectivity index (χ3v) is 4.69. The predicted octanol–water partition coefficient (Wildman–Crippen LogP) is 1.64. The van der Waals surface area contributed by atoms with Crippen LogP contribution in [0.4, 0.5) is 0 Å². The Bertz CT molecular complexity index is 189. The number of hydrogen-bond donors (Lipinski definition) is 1. The summed E-state index contributed by atoms with van der Waals surface area (Å²) in [4.78, 5) is 0. The van der Waals surface area contributed by atoms with Crippen molar-refractivity contribution >= 4 is 0 Å². The Morgan fingerprint density at radius 2 is 2.27 bits per heavy atom. The van der Waals surface area contributed by atoms with Crippen LogP contribution in [0.25, 0.3) is 0 Å². The van der Waals surface area contributed by atoms with Crippen molar-refractivity contribution in [2.75, 3.05) is 13.1 Å². The summed E-state index contributed by atoms with van der Waals surface area (Å²) >= 11 is 0. The van der Waals surface area contributed by atoms with Crippen LogP contribution in [0.1, 0.15) is 26.2 Å². The lowest BCUT2D eigenvalue weighted by Crippen LogP contribution is -2.32. The SMILES string of the molecule is C[C@]12CNC[C@@H]1[C@H]1CC[C@H]2C1. The molecule has 11 heavy (non-hydrogen) atoms. The Hall–Kier alpha value is -0.0400. The van der Waals surface area contributed by atoms with Gasteiger partial charge < -0.3 is 5.32 Å². The van der Waals surface area contributed by atoms with E-state index in [0.29, 0.717) is 5.41 Å². The van der Waals surface area contributed by atoms with Gasteiger partial charge in [0.2, 0.25) is 0 Å². The molecule has 3 fully saturated rings. The Morgan fingerprint density at radius 3 is 3.09 bits per heavy atom. The van der Waals surface area contributed by atoms with Gasteiger partial charge in [-0.15, -0.1) is 0 Å². The highest BCUT2D eigenvalue weighted by atomic mass is 15.0. The summed E-state index contributed by atoms with van der Waals surface area (Å²) in [5, 5.41) is 3.57. The summed E-state index contributed by atoms with van der Waals surface area (Å²) in [6.07, 6.45) is 4.62. The fourth-order valence-electron chi connectivity index (χ4n) is 3.99. The first-order valence-electron chi connectivity index (χ1n) is 5.01. The van der Waals surface area contributed by atoms with Gasteiger partial charge in [-0.05, 0) is 49.0 Å². The van der Waals surface area contributed by atoms with Crippen molar-refractivity contribution in [2.45, 2.75) is 26.2 Å². The van der Waals surface area contributed by atoms with Gasteiger partial charge in [-0.25, -0.2) is 0 Å². The van der Waals surface area contributed by atoms with Crippen molar-refractivity contribution < 1.29 is 0 Å². The Labute approximate surface area is 68.6 Å². The summed E-state index contributed by atoms with van der Waals surface area (Å²) < 4.78 is 0. The Morgan fingerprint density at radius 1 is 1.36 bits per heavy atom. The molecule has 0 aromatic heterocycles. The van der Waals surface area contributed by atoms with E-state index in [9.17, 15) is 0 Å². The van der Waals surface area contributed by atoms with Gasteiger partial charge in [-0.2, -0.15) is 0 Å². The van der Waals surface area contributed by atoms with E-state index in [0.717, 1.165) is 17.8 Å². The molecule has 2 aliphatic carbocycles.